The van der Waals surface area contributed by atoms with Crippen molar-refractivity contribution in [3.05, 3.63) is 86.8 Å². The van der Waals surface area contributed by atoms with Gasteiger partial charge in [0, 0.05) is 10.9 Å². The first-order valence-corrected chi connectivity index (χ1v) is 12.5. The van der Waals surface area contributed by atoms with Gasteiger partial charge in [0.15, 0.2) is 11.5 Å². The molecule has 0 spiro atoms. The molecule has 6 nitrogen and oxygen atoms in total. The number of nitrogens with one attached hydrogen (secondary N) is 1. The maximum atomic E-state index is 13.3. The molecule has 1 N–H and O–H groups in total. The van der Waals surface area contributed by atoms with Gasteiger partial charge in [0.25, 0.3) is 5.56 Å². The summed E-state index contributed by atoms with van der Waals surface area (Å²) in [6.45, 7) is 1.44. The van der Waals surface area contributed by atoms with Gasteiger partial charge in [-0.05, 0) is 61.1 Å². The van der Waals surface area contributed by atoms with Gasteiger partial charge in [0.1, 0.15) is 4.83 Å². The van der Waals surface area contributed by atoms with E-state index in [9.17, 15) is 4.79 Å². The number of benzene rings is 2. The maximum Gasteiger partial charge on any atom is 0.262 e. The van der Waals surface area contributed by atoms with Crippen LogP contribution in [0.3, 0.4) is 0 Å². The van der Waals surface area contributed by atoms with Gasteiger partial charge in [-0.1, -0.05) is 36.4 Å². The molecule has 0 fully saturated rings. The minimum Gasteiger partial charge on any atom is -0.493 e. The van der Waals surface area contributed by atoms with Crippen molar-refractivity contribution in [2.24, 2.45) is 0 Å². The third kappa shape index (κ3) is 4.58. The van der Waals surface area contributed by atoms with E-state index >= 15 is 0 Å². The van der Waals surface area contributed by atoms with Crippen molar-refractivity contribution >= 4 is 21.6 Å². The number of aromatic nitrogens is 2. The minimum atomic E-state index is 0.0752. The number of thiophene rings is 1. The Kier molecular flexibility index (Phi) is 6.65. The van der Waals surface area contributed by atoms with Crippen molar-refractivity contribution in [2.45, 2.75) is 38.3 Å². The smallest absolute Gasteiger partial charge is 0.262 e. The molecular formula is C27H29N3O3S. The van der Waals surface area contributed by atoms with Crippen LogP contribution < -0.4 is 20.3 Å². The Morgan fingerprint density at radius 2 is 1.91 bits per heavy atom. The van der Waals surface area contributed by atoms with E-state index in [1.807, 2.05) is 42.5 Å². The van der Waals surface area contributed by atoms with Gasteiger partial charge in [-0.3, -0.25) is 9.36 Å². The predicted octanol–water partition coefficient (Wildman–Crippen LogP) is 4.21. The summed E-state index contributed by atoms with van der Waals surface area (Å²) < 4.78 is 12.5. The summed E-state index contributed by atoms with van der Waals surface area (Å²) in [5.41, 5.74) is 3.60. The van der Waals surface area contributed by atoms with E-state index in [1.54, 1.807) is 36.5 Å². The van der Waals surface area contributed by atoms with Crippen molar-refractivity contribution in [1.29, 1.82) is 0 Å². The molecule has 2 aromatic heterocycles. The van der Waals surface area contributed by atoms with Gasteiger partial charge in [0.2, 0.25) is 0 Å². The van der Waals surface area contributed by atoms with E-state index in [0.717, 1.165) is 59.5 Å². The van der Waals surface area contributed by atoms with E-state index < -0.39 is 0 Å². The van der Waals surface area contributed by atoms with Crippen LogP contribution in [0.2, 0.25) is 0 Å². The van der Waals surface area contributed by atoms with Gasteiger partial charge >= 0.3 is 0 Å². The first kappa shape index (κ1) is 22.6. The molecular weight excluding hydrogens is 446 g/mol. The molecule has 0 saturated carbocycles. The van der Waals surface area contributed by atoms with Gasteiger partial charge in [-0.15, -0.1) is 11.3 Å². The number of aryl methyl sites for hydroxylation is 1. The second kappa shape index (κ2) is 9.99. The first-order valence-electron chi connectivity index (χ1n) is 11.6. The first-order chi connectivity index (χ1) is 16.7. The summed E-state index contributed by atoms with van der Waals surface area (Å²) in [6.07, 6.45) is 5.49. The van der Waals surface area contributed by atoms with Crippen LogP contribution in [-0.4, -0.2) is 36.4 Å². The van der Waals surface area contributed by atoms with E-state index in [-0.39, 0.29) is 5.56 Å². The molecule has 2 heterocycles. The van der Waals surface area contributed by atoms with Crippen LogP contribution in [0.5, 0.6) is 11.5 Å². The molecule has 7 heteroatoms. The third-order valence-corrected chi connectivity index (χ3v) is 7.69. The Morgan fingerprint density at radius 1 is 1.09 bits per heavy atom. The molecule has 0 saturated heterocycles. The molecule has 2 aromatic carbocycles. The Morgan fingerprint density at radius 3 is 2.71 bits per heavy atom. The van der Waals surface area contributed by atoms with E-state index in [0.29, 0.717) is 12.6 Å². The Hall–Kier alpha value is -3.16. The fourth-order valence-corrected chi connectivity index (χ4v) is 5.98. The van der Waals surface area contributed by atoms with Crippen LogP contribution in [0, 0.1) is 0 Å². The van der Waals surface area contributed by atoms with Crippen LogP contribution in [0.25, 0.3) is 10.2 Å². The fourth-order valence-electron chi connectivity index (χ4n) is 4.72. The number of hydrogen-bond acceptors (Lipinski definition) is 6. The predicted molar refractivity (Wildman–Crippen MR) is 136 cm³/mol. The number of fused-ring (bicyclic) bond motifs is 3. The normalized spacial score (nSPS) is 15.3. The molecule has 176 valence electrons. The molecule has 34 heavy (non-hydrogen) atoms. The van der Waals surface area contributed by atoms with E-state index in [4.69, 9.17) is 9.47 Å². The number of nitrogens with zero attached hydrogens (tertiary/aromatic N) is 2. The van der Waals surface area contributed by atoms with Crippen LogP contribution in [0.4, 0.5) is 0 Å². The molecule has 1 unspecified atom stereocenters. The second-order valence-electron chi connectivity index (χ2n) is 8.68. The van der Waals surface area contributed by atoms with Crippen LogP contribution >= 0.6 is 11.3 Å². The number of rotatable bonds is 8. The highest BCUT2D eigenvalue weighted by Crippen LogP contribution is 2.34. The van der Waals surface area contributed by atoms with Crippen molar-refractivity contribution in [1.82, 2.24) is 14.9 Å². The SMILES string of the molecule is COc1ccc(CCNC2CCc3c(sc4ncn(Cc5ccccc5)c(=O)c34)C2)cc1OC. The average Bonchev–Trinajstić information content (AvgIpc) is 3.25. The van der Waals surface area contributed by atoms with Crippen molar-refractivity contribution in [3.8, 4) is 11.5 Å². The maximum absolute atomic E-state index is 13.3. The molecule has 1 atom stereocenters. The summed E-state index contributed by atoms with van der Waals surface area (Å²) in [5, 5.41) is 4.53. The highest BCUT2D eigenvalue weighted by Gasteiger charge is 2.25. The van der Waals surface area contributed by atoms with E-state index in [2.05, 4.69) is 16.4 Å². The summed E-state index contributed by atoms with van der Waals surface area (Å²) in [7, 11) is 3.31. The fraction of sp³-hybridized carbons (Fsp3) is 0.333. The molecule has 4 aromatic rings. The molecule has 0 radical (unpaired) electrons. The van der Waals surface area contributed by atoms with Gasteiger partial charge < -0.3 is 14.8 Å². The molecule has 5 rings (SSSR count). The van der Waals surface area contributed by atoms with Gasteiger partial charge in [0.05, 0.1) is 32.5 Å². The van der Waals surface area contributed by atoms with Crippen molar-refractivity contribution in [2.75, 3.05) is 20.8 Å². The zero-order valence-electron chi connectivity index (χ0n) is 19.5. The largest absolute Gasteiger partial charge is 0.493 e. The highest BCUT2D eigenvalue weighted by molar-refractivity contribution is 7.18. The monoisotopic (exact) mass is 475 g/mol. The highest BCUT2D eigenvalue weighted by atomic mass is 32.1. The average molecular weight is 476 g/mol. The molecule has 1 aliphatic rings. The lowest BCUT2D eigenvalue weighted by molar-refractivity contribution is 0.354. The summed E-state index contributed by atoms with van der Waals surface area (Å²) in [4.78, 5) is 20.1. The Bertz CT molecular complexity index is 1350. The summed E-state index contributed by atoms with van der Waals surface area (Å²) in [5.74, 6) is 1.51. The Labute approximate surface area is 203 Å². The van der Waals surface area contributed by atoms with E-state index in [1.165, 1.54) is 16.0 Å². The molecule has 0 bridgehead atoms. The molecule has 0 amide bonds. The molecule has 1 aliphatic carbocycles. The molecule has 0 aliphatic heterocycles. The lowest BCUT2D eigenvalue weighted by Gasteiger charge is -2.23. The minimum absolute atomic E-state index is 0.0752. The standard InChI is InChI=1S/C27H29N3O3S/c1-32-22-11-8-18(14-23(22)33-2)12-13-28-20-9-10-21-24(15-20)34-26-25(21)27(31)30(17-29-26)16-19-6-4-3-5-7-19/h3-8,11,14,17,20,28H,9-10,12-13,15-16H2,1-2H3. The summed E-state index contributed by atoms with van der Waals surface area (Å²) in [6, 6.07) is 16.5. The topological polar surface area (TPSA) is 65.4 Å². The van der Waals surface area contributed by atoms with Crippen LogP contribution in [-0.2, 0) is 25.8 Å². The second-order valence-corrected chi connectivity index (χ2v) is 9.76. The van der Waals surface area contributed by atoms with Crippen molar-refractivity contribution < 1.29 is 9.47 Å². The lowest BCUT2D eigenvalue weighted by atomic mass is 9.93. The lowest BCUT2D eigenvalue weighted by Crippen LogP contribution is -2.35. The number of hydrogen-bond donors (Lipinski definition) is 1. The van der Waals surface area contributed by atoms with Gasteiger partial charge in [-0.2, -0.15) is 0 Å². The van der Waals surface area contributed by atoms with Gasteiger partial charge in [-0.25, -0.2) is 4.98 Å². The third-order valence-electron chi connectivity index (χ3n) is 6.53. The Balaban J connectivity index is 1.26. The van der Waals surface area contributed by atoms with Crippen molar-refractivity contribution in [3.63, 3.8) is 0 Å². The quantitative estimate of drug-likeness (QED) is 0.414. The van der Waals surface area contributed by atoms with Crippen LogP contribution in [0.1, 0.15) is 28.0 Å². The zero-order chi connectivity index (χ0) is 23.5. The number of ether oxygens (including phenoxy) is 2. The summed E-state index contributed by atoms with van der Waals surface area (Å²) >= 11 is 1.68. The number of methoxy groups -OCH3 is 2. The zero-order valence-corrected chi connectivity index (χ0v) is 20.4. The van der Waals surface area contributed by atoms with Crippen LogP contribution in [0.15, 0.2) is 59.7 Å².